The molecule has 0 radical (unpaired) electrons. The first-order valence-corrected chi connectivity index (χ1v) is 23.3. The highest BCUT2D eigenvalue weighted by Gasteiger charge is 2.33. The zero-order valence-corrected chi connectivity index (χ0v) is 38.6. The Balaban J connectivity index is 0.000000195. The average Bonchev–Trinajstić information content (AvgIpc) is 4.12. The number of nitrogens with zero attached hydrogens (tertiary/aromatic N) is 4. The summed E-state index contributed by atoms with van der Waals surface area (Å²) in [5.41, 5.74) is 10.4. The number of hydrogen-bond acceptors (Lipinski definition) is 6. The number of thioether (sulfide) groups is 1. The van der Waals surface area contributed by atoms with Gasteiger partial charge in [-0.15, -0.1) is 11.8 Å². The second kappa shape index (κ2) is 19.9. The number of hydrogen-bond donors (Lipinski definition) is 0. The maximum Gasteiger partial charge on any atom is 0.512 e. The van der Waals surface area contributed by atoms with Crippen LogP contribution in [0.2, 0.25) is 0 Å². The Kier molecular flexibility index (Phi) is 13.2. The van der Waals surface area contributed by atoms with Gasteiger partial charge in [0.25, 0.3) is 6.73 Å². The van der Waals surface area contributed by atoms with E-state index < -0.39 is 12.3 Å². The van der Waals surface area contributed by atoms with Gasteiger partial charge in [0, 0.05) is 66.1 Å². The van der Waals surface area contributed by atoms with E-state index in [1.54, 1.807) is 55.0 Å². The molecule has 0 N–H and O–H groups in total. The minimum atomic E-state index is -1.22. The molecule has 338 valence electrons. The molecule has 12 heteroatoms. The number of ketones is 1. The number of aromatic nitrogens is 3. The van der Waals surface area contributed by atoms with Crippen LogP contribution < -0.4 is 26.4 Å². The number of rotatable bonds is 10. The van der Waals surface area contributed by atoms with E-state index >= 15 is 0 Å². The first-order valence-electron chi connectivity index (χ1n) is 22.2. The standard InChI is InChI=1S/C32H28FN4O5S.C24H20B/c1-34(2)31(39)37-17-26(24-11-8-21(15-27(24)37)20-6-9-23(33)10-7-20)29(38)25-12-14-36-28(25)18-43-30(36)22-5-4-13-35(16-22)19-42-32(40)41-3;1-5-13-21(14-6-1)25(22-15-7-2-8-16-22,23-17-9-3-10-18-23)24-19-11-4-12-20-24/h4-17,30H,18-19H2,1-3H3;1-20H/q+1;-1/t30-;/m1./s1. The summed E-state index contributed by atoms with van der Waals surface area (Å²) in [7, 11) is 4.58. The SMILES string of the molecule is COC(=O)OC[n+]1cccc([C@H]2SCc3c(C(=O)c4cn(C(=O)N(C)C)c5cc(-c6ccc(F)cc6)ccc45)ccn32)c1.c1ccc([B-](c2ccccc2)(c2ccccc2)c2ccccc2)cc1. The van der Waals surface area contributed by atoms with E-state index in [4.69, 9.17) is 4.74 Å². The molecule has 0 saturated carbocycles. The van der Waals surface area contributed by atoms with E-state index in [0.717, 1.165) is 22.4 Å². The Morgan fingerprint density at radius 3 is 1.81 bits per heavy atom. The van der Waals surface area contributed by atoms with Gasteiger partial charge in [0.05, 0.1) is 12.6 Å². The van der Waals surface area contributed by atoms with Gasteiger partial charge in [-0.1, -0.05) is 146 Å². The normalized spacial score (nSPS) is 13.0. The molecule has 68 heavy (non-hydrogen) atoms. The maximum atomic E-state index is 14.1. The van der Waals surface area contributed by atoms with Crippen molar-refractivity contribution in [3.63, 3.8) is 0 Å². The topological polar surface area (TPSA) is 86.7 Å². The predicted octanol–water partition coefficient (Wildman–Crippen LogP) is 8.90. The zero-order valence-electron chi connectivity index (χ0n) is 37.8. The highest BCUT2D eigenvalue weighted by atomic mass is 32.2. The van der Waals surface area contributed by atoms with Crippen LogP contribution in [0.3, 0.4) is 0 Å². The van der Waals surface area contributed by atoms with Crippen molar-refractivity contribution in [2.75, 3.05) is 21.2 Å². The largest absolute Gasteiger partial charge is 0.512 e. The van der Waals surface area contributed by atoms with Crippen LogP contribution >= 0.6 is 11.8 Å². The van der Waals surface area contributed by atoms with Gasteiger partial charge in [-0.25, -0.2) is 14.0 Å². The summed E-state index contributed by atoms with van der Waals surface area (Å²) in [5.74, 6) is 0.119. The quantitative estimate of drug-likeness (QED) is 0.0590. The van der Waals surface area contributed by atoms with Gasteiger partial charge in [0.15, 0.2) is 18.2 Å². The molecule has 0 bridgehead atoms. The average molecular weight is 919 g/mol. The minimum Gasteiger partial charge on any atom is -0.437 e. The number of ether oxygens (including phenoxy) is 2. The lowest BCUT2D eigenvalue weighted by molar-refractivity contribution is -0.728. The molecule has 3 aromatic heterocycles. The molecule has 1 amide bonds. The van der Waals surface area contributed by atoms with Crippen LogP contribution in [0.15, 0.2) is 207 Å². The second-order valence-electron chi connectivity index (χ2n) is 16.8. The van der Waals surface area contributed by atoms with Crippen molar-refractivity contribution in [3.05, 3.63) is 235 Å². The number of halogens is 1. The molecule has 10 rings (SSSR count). The van der Waals surface area contributed by atoms with Crippen LogP contribution in [0, 0.1) is 5.82 Å². The molecule has 1 aliphatic rings. The minimum absolute atomic E-state index is 0.0127. The highest BCUT2D eigenvalue weighted by Crippen LogP contribution is 2.42. The Hall–Kier alpha value is -7.96. The lowest BCUT2D eigenvalue weighted by atomic mass is 9.13. The van der Waals surface area contributed by atoms with E-state index in [1.807, 2.05) is 48.8 Å². The molecule has 4 heterocycles. The summed E-state index contributed by atoms with van der Waals surface area (Å²) >= 11 is 1.69. The molecule has 6 aromatic carbocycles. The van der Waals surface area contributed by atoms with Gasteiger partial charge >= 0.3 is 12.2 Å². The lowest BCUT2D eigenvalue weighted by Gasteiger charge is -2.44. The Morgan fingerprint density at radius 1 is 0.706 bits per heavy atom. The summed E-state index contributed by atoms with van der Waals surface area (Å²) in [6.07, 6.45) is 5.23. The highest BCUT2D eigenvalue weighted by molar-refractivity contribution is 7.99. The van der Waals surface area contributed by atoms with Gasteiger partial charge in [0.2, 0.25) is 0 Å². The smallest absolute Gasteiger partial charge is 0.437 e. The summed E-state index contributed by atoms with van der Waals surface area (Å²) in [4.78, 5) is 40.1. The molecule has 0 unspecified atom stereocenters. The maximum absolute atomic E-state index is 14.1. The fourth-order valence-corrected chi connectivity index (χ4v) is 10.7. The fraction of sp³-hybridized carbons (Fsp3) is 0.107. The molecule has 1 atom stereocenters. The number of benzene rings is 6. The number of carbonyl (C=O) groups is 3. The number of pyridine rings is 1. The summed E-state index contributed by atoms with van der Waals surface area (Å²) in [6, 6.07) is 60.6. The first-order chi connectivity index (χ1) is 33.2. The molecule has 9 aromatic rings. The number of amides is 1. The Labute approximate surface area is 398 Å². The van der Waals surface area contributed by atoms with E-state index in [9.17, 15) is 18.8 Å². The third-order valence-electron chi connectivity index (χ3n) is 12.6. The van der Waals surface area contributed by atoms with Crippen molar-refractivity contribution in [1.29, 1.82) is 0 Å². The predicted molar refractivity (Wildman–Crippen MR) is 269 cm³/mol. The van der Waals surface area contributed by atoms with Crippen molar-refractivity contribution < 1.29 is 32.8 Å². The van der Waals surface area contributed by atoms with Crippen LogP contribution in [0.25, 0.3) is 22.0 Å². The van der Waals surface area contributed by atoms with E-state index in [-0.39, 0.29) is 29.7 Å². The van der Waals surface area contributed by atoms with Crippen LogP contribution in [0.1, 0.15) is 32.6 Å². The molecular weight excluding hydrogens is 871 g/mol. The van der Waals surface area contributed by atoms with Crippen LogP contribution in [0.5, 0.6) is 0 Å². The van der Waals surface area contributed by atoms with Crippen molar-refractivity contribution in [2.24, 2.45) is 0 Å². The summed E-state index contributed by atoms with van der Waals surface area (Å²) < 4.78 is 28.4. The zero-order chi connectivity index (χ0) is 47.2. The molecular formula is C56H48BFN4O5S. The number of carbonyl (C=O) groups excluding carboxylic acids is 3. The molecule has 0 fully saturated rings. The molecule has 0 aliphatic carbocycles. The number of fused-ring (bicyclic) bond motifs is 2. The van der Waals surface area contributed by atoms with Crippen molar-refractivity contribution in [2.45, 2.75) is 17.9 Å². The Morgan fingerprint density at radius 2 is 1.26 bits per heavy atom. The van der Waals surface area contributed by atoms with Gasteiger partial charge in [0.1, 0.15) is 17.3 Å². The first kappa shape index (κ1) is 45.2. The molecule has 0 saturated heterocycles. The number of methoxy groups -OCH3 is 1. The monoisotopic (exact) mass is 918 g/mol. The summed E-state index contributed by atoms with van der Waals surface area (Å²) in [5, 5.41) is 0.583. The van der Waals surface area contributed by atoms with Crippen LogP contribution in [-0.2, 0) is 22.0 Å². The van der Waals surface area contributed by atoms with E-state index in [2.05, 4.69) is 131 Å². The van der Waals surface area contributed by atoms with Crippen LogP contribution in [0.4, 0.5) is 14.0 Å². The van der Waals surface area contributed by atoms with Gasteiger partial charge < -0.3 is 18.9 Å². The third-order valence-corrected chi connectivity index (χ3v) is 13.8. The van der Waals surface area contributed by atoms with Gasteiger partial charge in [-0.3, -0.25) is 9.36 Å². The van der Waals surface area contributed by atoms with Gasteiger partial charge in [-0.2, -0.15) is 26.4 Å². The lowest BCUT2D eigenvalue weighted by Crippen LogP contribution is -2.74. The van der Waals surface area contributed by atoms with E-state index in [1.165, 1.54) is 50.6 Å². The fourth-order valence-electron chi connectivity index (χ4n) is 9.38. The molecule has 9 nitrogen and oxygen atoms in total. The van der Waals surface area contributed by atoms with Crippen molar-refractivity contribution in [1.82, 2.24) is 14.0 Å². The Bertz CT molecular complexity index is 3060. The molecule has 1 aliphatic heterocycles. The van der Waals surface area contributed by atoms with Crippen molar-refractivity contribution in [3.8, 4) is 11.1 Å². The van der Waals surface area contributed by atoms with Crippen LogP contribution in [-0.4, -0.2) is 59.4 Å². The van der Waals surface area contributed by atoms with E-state index in [0.29, 0.717) is 27.8 Å². The van der Waals surface area contributed by atoms with Crippen molar-refractivity contribution >= 4 is 68.6 Å². The summed E-state index contributed by atoms with van der Waals surface area (Å²) in [6.45, 7) is 0.0127. The second-order valence-corrected chi connectivity index (χ2v) is 17.9. The van der Waals surface area contributed by atoms with Gasteiger partial charge in [-0.05, 0) is 41.5 Å². The third kappa shape index (κ3) is 8.86. The molecule has 0 spiro atoms.